The van der Waals surface area contributed by atoms with E-state index in [0.717, 1.165) is 46.6 Å². The van der Waals surface area contributed by atoms with Crippen molar-refractivity contribution in [3.8, 4) is 34.2 Å². The molecule has 2 heterocycles. The minimum atomic E-state index is 0.214. The molecule has 268 valence electrons. The summed E-state index contributed by atoms with van der Waals surface area (Å²) in [5.74, 6) is 2.39. The second kappa shape index (κ2) is 14.6. The van der Waals surface area contributed by atoms with Crippen LogP contribution in [0.5, 0.6) is 0 Å². The van der Waals surface area contributed by atoms with E-state index in [2.05, 4.69) is 149 Å². The van der Waals surface area contributed by atoms with Crippen LogP contribution in [-0.2, 0) is 0 Å². The summed E-state index contributed by atoms with van der Waals surface area (Å²) in [6, 6.07) is 55.3. The van der Waals surface area contributed by atoms with Crippen LogP contribution in [0.3, 0.4) is 0 Å². The summed E-state index contributed by atoms with van der Waals surface area (Å²) < 4.78 is 2.54. The van der Waals surface area contributed by atoms with Gasteiger partial charge in [0.2, 0.25) is 0 Å². The lowest BCUT2D eigenvalue weighted by molar-refractivity contribution is 0.633. The third kappa shape index (κ3) is 6.33. The minimum Gasteiger partial charge on any atom is -0.333 e. The smallest absolute Gasteiger partial charge is 0.164 e. The molecule has 0 amide bonds. The predicted octanol–water partition coefficient (Wildman–Crippen LogP) is 13.0. The van der Waals surface area contributed by atoms with Gasteiger partial charge in [-0.3, -0.25) is 0 Å². The van der Waals surface area contributed by atoms with Gasteiger partial charge in [-0.1, -0.05) is 146 Å². The number of fused-ring (bicyclic) bond motifs is 3. The molecule has 2 aliphatic carbocycles. The molecule has 2 aromatic heterocycles. The Morgan fingerprint density at radius 2 is 1.05 bits per heavy atom. The summed E-state index contributed by atoms with van der Waals surface area (Å²) >= 11 is 0. The van der Waals surface area contributed by atoms with Crippen LogP contribution in [-0.4, -0.2) is 19.5 Å². The van der Waals surface area contributed by atoms with Crippen LogP contribution in [0.2, 0.25) is 0 Å². The monoisotopic (exact) mass is 721 g/mol. The van der Waals surface area contributed by atoms with Crippen molar-refractivity contribution in [2.24, 2.45) is 5.92 Å². The molecule has 5 heteroatoms. The molecule has 8 aromatic rings. The van der Waals surface area contributed by atoms with Crippen LogP contribution in [0.4, 0.5) is 17.1 Å². The Bertz CT molecular complexity index is 2740. The van der Waals surface area contributed by atoms with E-state index in [-0.39, 0.29) is 6.04 Å². The van der Waals surface area contributed by atoms with Gasteiger partial charge in [-0.2, -0.15) is 0 Å². The topological polar surface area (TPSA) is 46.8 Å². The van der Waals surface area contributed by atoms with Crippen LogP contribution >= 0.6 is 0 Å². The molecule has 0 saturated carbocycles. The van der Waals surface area contributed by atoms with Gasteiger partial charge >= 0.3 is 0 Å². The first-order valence-electron chi connectivity index (χ1n) is 19.3. The van der Waals surface area contributed by atoms with Crippen LogP contribution in [0, 0.1) is 5.92 Å². The Morgan fingerprint density at radius 3 is 1.68 bits per heavy atom. The van der Waals surface area contributed by atoms with Crippen LogP contribution in [0.25, 0.3) is 56.0 Å². The maximum atomic E-state index is 4.98. The Hall–Kier alpha value is -7.11. The van der Waals surface area contributed by atoms with E-state index in [4.69, 9.17) is 15.0 Å². The fraction of sp³-hybridized carbons (Fsp3) is 0.0784. The van der Waals surface area contributed by atoms with E-state index in [1.165, 1.54) is 27.4 Å². The second-order valence-electron chi connectivity index (χ2n) is 14.4. The third-order valence-electron chi connectivity index (χ3n) is 10.9. The number of aromatic nitrogens is 4. The molecule has 56 heavy (non-hydrogen) atoms. The van der Waals surface area contributed by atoms with Gasteiger partial charge in [-0.25, -0.2) is 15.0 Å². The third-order valence-corrected chi connectivity index (χ3v) is 10.9. The molecular weight excluding hydrogens is 683 g/mol. The van der Waals surface area contributed by atoms with E-state index in [1.54, 1.807) is 0 Å². The Morgan fingerprint density at radius 1 is 0.482 bits per heavy atom. The van der Waals surface area contributed by atoms with E-state index >= 15 is 0 Å². The Balaban J connectivity index is 1.05. The van der Waals surface area contributed by atoms with Crippen molar-refractivity contribution < 1.29 is 0 Å². The van der Waals surface area contributed by atoms with Gasteiger partial charge in [0.15, 0.2) is 17.5 Å². The zero-order valence-corrected chi connectivity index (χ0v) is 30.9. The van der Waals surface area contributed by atoms with Crippen molar-refractivity contribution in [3.05, 3.63) is 206 Å². The summed E-state index contributed by atoms with van der Waals surface area (Å²) in [6.45, 7) is 0. The number of para-hydroxylation sites is 2. The number of benzene rings is 6. The molecule has 6 aromatic carbocycles. The average molecular weight is 722 g/mol. The van der Waals surface area contributed by atoms with Gasteiger partial charge in [-0.05, 0) is 73.0 Å². The van der Waals surface area contributed by atoms with Crippen molar-refractivity contribution >= 4 is 38.9 Å². The van der Waals surface area contributed by atoms with Gasteiger partial charge in [0.1, 0.15) is 0 Å². The zero-order chi connectivity index (χ0) is 37.3. The van der Waals surface area contributed by atoms with Crippen molar-refractivity contribution in [2.45, 2.75) is 18.9 Å². The van der Waals surface area contributed by atoms with Gasteiger partial charge in [0, 0.05) is 56.0 Å². The maximum absolute atomic E-state index is 4.98. The first-order valence-corrected chi connectivity index (χ1v) is 19.3. The molecule has 2 atom stereocenters. The molecule has 0 fully saturated rings. The number of hydrogen-bond acceptors (Lipinski definition) is 4. The van der Waals surface area contributed by atoms with Crippen LogP contribution < -0.4 is 4.90 Å². The summed E-state index contributed by atoms with van der Waals surface area (Å²) in [4.78, 5) is 17.2. The molecule has 2 aliphatic rings. The van der Waals surface area contributed by atoms with Crippen molar-refractivity contribution in [1.29, 1.82) is 0 Å². The standard InChI is InChI=1S/C51H39N5/c1-5-15-36(16-6-1)37-25-29-43(30-26-37)56-47-24-14-13-23-45(47)46-34-33-44(35-48(46)56)55(41-21-11-4-12-22-41)42-31-27-40(28-32-42)51-53-49(38-17-7-2-8-18-38)52-50(54-51)39-19-9-3-10-20-39/h1-15,17-29,31-36,43H,16,30H2. The lowest BCUT2D eigenvalue weighted by atomic mass is 9.88. The first-order chi connectivity index (χ1) is 27.8. The zero-order valence-electron chi connectivity index (χ0n) is 30.9. The number of nitrogens with zero attached hydrogens (tertiary/aromatic N) is 5. The Labute approximate surface area is 327 Å². The van der Waals surface area contributed by atoms with Gasteiger partial charge < -0.3 is 9.47 Å². The van der Waals surface area contributed by atoms with Crippen molar-refractivity contribution in [3.63, 3.8) is 0 Å². The van der Waals surface area contributed by atoms with Crippen LogP contribution in [0.1, 0.15) is 18.9 Å². The molecule has 2 unspecified atom stereocenters. The first kappa shape index (κ1) is 33.5. The highest BCUT2D eigenvalue weighted by molar-refractivity contribution is 6.09. The molecule has 0 N–H and O–H groups in total. The normalized spacial score (nSPS) is 16.3. The van der Waals surface area contributed by atoms with Crippen LogP contribution in [0.15, 0.2) is 206 Å². The molecule has 0 saturated heterocycles. The quantitative estimate of drug-likeness (QED) is 0.157. The maximum Gasteiger partial charge on any atom is 0.164 e. The fourth-order valence-corrected chi connectivity index (χ4v) is 8.13. The number of anilines is 3. The molecule has 10 rings (SSSR count). The summed E-state index contributed by atoms with van der Waals surface area (Å²) in [5, 5.41) is 2.53. The highest BCUT2D eigenvalue weighted by atomic mass is 15.1. The summed E-state index contributed by atoms with van der Waals surface area (Å²) in [6.07, 6.45) is 18.1. The van der Waals surface area contributed by atoms with E-state index in [1.807, 2.05) is 60.7 Å². The van der Waals surface area contributed by atoms with E-state index in [9.17, 15) is 0 Å². The molecule has 0 aliphatic heterocycles. The van der Waals surface area contributed by atoms with Gasteiger partial charge in [-0.15, -0.1) is 0 Å². The predicted molar refractivity (Wildman–Crippen MR) is 231 cm³/mol. The number of rotatable bonds is 8. The summed E-state index contributed by atoms with van der Waals surface area (Å²) in [5.41, 5.74) is 9.93. The second-order valence-corrected chi connectivity index (χ2v) is 14.4. The van der Waals surface area contributed by atoms with Gasteiger partial charge in [0.25, 0.3) is 0 Å². The highest BCUT2D eigenvalue weighted by Crippen LogP contribution is 2.41. The minimum absolute atomic E-state index is 0.214. The van der Waals surface area contributed by atoms with Gasteiger partial charge in [0.05, 0.1) is 11.6 Å². The molecule has 5 nitrogen and oxygen atoms in total. The molecule has 0 radical (unpaired) electrons. The average Bonchev–Trinajstić information content (AvgIpc) is 3.61. The molecule has 0 spiro atoms. The van der Waals surface area contributed by atoms with E-state index < -0.39 is 0 Å². The molecule has 0 bridgehead atoms. The van der Waals surface area contributed by atoms with Crippen molar-refractivity contribution in [2.75, 3.05) is 4.90 Å². The fourth-order valence-electron chi connectivity index (χ4n) is 8.13. The molecular formula is C51H39N5. The number of hydrogen-bond donors (Lipinski definition) is 0. The largest absolute Gasteiger partial charge is 0.333 e. The van der Waals surface area contributed by atoms with E-state index in [0.29, 0.717) is 23.4 Å². The lowest BCUT2D eigenvalue weighted by Gasteiger charge is -2.27. The highest BCUT2D eigenvalue weighted by Gasteiger charge is 2.22. The SMILES string of the molecule is C1=CCC(C2=CCC(n3c4ccccc4c4ccc(N(c5ccccc5)c5ccc(-c6nc(-c7ccccc7)nc(-c7ccccc7)n6)cc5)cc43)C=C2)C=C1. The lowest BCUT2D eigenvalue weighted by Crippen LogP contribution is -2.12. The summed E-state index contributed by atoms with van der Waals surface area (Å²) in [7, 11) is 0. The van der Waals surface area contributed by atoms with Crippen molar-refractivity contribution in [1.82, 2.24) is 19.5 Å². The Kier molecular flexibility index (Phi) is 8.73. The number of allylic oxidation sites excluding steroid dienone is 8.